The Labute approximate surface area is 228 Å². The van der Waals surface area contributed by atoms with Crippen LogP contribution in [0.3, 0.4) is 0 Å². The van der Waals surface area contributed by atoms with E-state index in [1.54, 1.807) is 36.8 Å². The minimum atomic E-state index is -1.24. The van der Waals surface area contributed by atoms with Crippen LogP contribution in [0.1, 0.15) is 34.1 Å². The van der Waals surface area contributed by atoms with Crippen molar-refractivity contribution >= 4 is 17.5 Å². The predicted octanol–water partition coefficient (Wildman–Crippen LogP) is 4.92. The predicted molar refractivity (Wildman–Crippen MR) is 150 cm³/mol. The van der Waals surface area contributed by atoms with Crippen molar-refractivity contribution in [2.45, 2.75) is 39.4 Å². The summed E-state index contributed by atoms with van der Waals surface area (Å²) >= 11 is 0. The highest BCUT2D eigenvalue weighted by Gasteiger charge is 2.49. The third-order valence-electron chi connectivity index (χ3n) is 7.12. The van der Waals surface area contributed by atoms with E-state index in [4.69, 9.17) is 14.6 Å². The molecule has 8 heteroatoms. The Hall–Kier alpha value is -4.59. The molecule has 1 unspecified atom stereocenters. The van der Waals surface area contributed by atoms with Crippen LogP contribution in [0.15, 0.2) is 72.8 Å². The molecular weight excluding hydrogens is 492 g/mol. The molecular formula is C31H32N4O4. The first-order valence-electron chi connectivity index (χ1n) is 12.8. The highest BCUT2D eigenvalue weighted by Crippen LogP contribution is 2.35. The summed E-state index contributed by atoms with van der Waals surface area (Å²) < 4.78 is 12.4. The zero-order chi connectivity index (χ0) is 27.7. The zero-order valence-electron chi connectivity index (χ0n) is 22.8. The Morgan fingerprint density at radius 2 is 1.67 bits per heavy atom. The summed E-state index contributed by atoms with van der Waals surface area (Å²) in [5.74, 6) is 0.855. The number of aromatic nitrogens is 2. The number of nitrogens with zero attached hydrogens (tertiary/aromatic N) is 3. The van der Waals surface area contributed by atoms with Gasteiger partial charge in [0.1, 0.15) is 22.7 Å². The van der Waals surface area contributed by atoms with E-state index < -0.39 is 5.54 Å². The minimum Gasteiger partial charge on any atom is -0.497 e. The molecule has 0 radical (unpaired) electrons. The number of fused-ring (bicyclic) bond motifs is 1. The van der Waals surface area contributed by atoms with Gasteiger partial charge in [0.05, 0.1) is 26.5 Å². The van der Waals surface area contributed by atoms with Crippen LogP contribution in [0, 0.1) is 13.8 Å². The summed E-state index contributed by atoms with van der Waals surface area (Å²) in [7, 11) is 3.22. The number of benzene rings is 3. The fourth-order valence-corrected chi connectivity index (χ4v) is 5.18. The molecule has 2 heterocycles. The van der Waals surface area contributed by atoms with E-state index in [1.165, 1.54) is 0 Å². The summed E-state index contributed by atoms with van der Waals surface area (Å²) in [6.45, 7) is 6.20. The number of hydrogen-bond donors (Lipinski definition) is 1. The zero-order valence-corrected chi connectivity index (χ0v) is 22.8. The smallest absolute Gasteiger partial charge is 0.277 e. The molecule has 2 amide bonds. The molecule has 1 aliphatic rings. The lowest BCUT2D eigenvalue weighted by Gasteiger charge is -2.43. The van der Waals surface area contributed by atoms with Crippen LogP contribution in [0.5, 0.6) is 11.5 Å². The van der Waals surface area contributed by atoms with Gasteiger partial charge in [-0.25, -0.2) is 0 Å². The highest BCUT2D eigenvalue weighted by atomic mass is 16.5. The lowest BCUT2D eigenvalue weighted by molar-refractivity contribution is -0.126. The molecule has 0 bridgehead atoms. The Morgan fingerprint density at radius 3 is 2.33 bits per heavy atom. The Balaban J connectivity index is 1.55. The maximum atomic E-state index is 14.1. The SMILES string of the molecule is COc1ccc(-c2cc3n(n2)CC(C)(C(=O)NCc2ccccc2OC)N(c2cc(C)cc(C)c2)C3=O)cc1. The number of nitrogens with one attached hydrogen (secondary N) is 1. The van der Waals surface area contributed by atoms with E-state index in [0.29, 0.717) is 22.8 Å². The van der Waals surface area contributed by atoms with Crippen LogP contribution in [0.2, 0.25) is 0 Å². The molecule has 1 aromatic heterocycles. The summed E-state index contributed by atoms with van der Waals surface area (Å²) in [5, 5.41) is 7.79. The fourth-order valence-electron chi connectivity index (χ4n) is 5.18. The number of hydrogen-bond acceptors (Lipinski definition) is 5. The Bertz CT molecular complexity index is 1520. The molecule has 0 spiro atoms. The average molecular weight is 525 g/mol. The first kappa shape index (κ1) is 26.0. The van der Waals surface area contributed by atoms with Crippen molar-refractivity contribution in [2.24, 2.45) is 0 Å². The van der Waals surface area contributed by atoms with Crippen molar-refractivity contribution in [1.29, 1.82) is 0 Å². The monoisotopic (exact) mass is 524 g/mol. The molecule has 0 saturated heterocycles. The van der Waals surface area contributed by atoms with Crippen LogP contribution in [-0.4, -0.2) is 41.4 Å². The molecule has 1 N–H and O–H groups in total. The van der Waals surface area contributed by atoms with E-state index in [9.17, 15) is 9.59 Å². The second kappa shape index (κ2) is 10.3. The van der Waals surface area contributed by atoms with E-state index in [1.807, 2.05) is 80.6 Å². The average Bonchev–Trinajstić information content (AvgIpc) is 3.35. The first-order valence-corrected chi connectivity index (χ1v) is 12.8. The number of methoxy groups -OCH3 is 2. The summed E-state index contributed by atoms with van der Waals surface area (Å²) in [6.07, 6.45) is 0. The minimum absolute atomic E-state index is 0.189. The van der Waals surface area contributed by atoms with Crippen LogP contribution in [-0.2, 0) is 17.9 Å². The number of para-hydroxylation sites is 1. The summed E-state index contributed by atoms with van der Waals surface area (Å²) in [5.41, 5.74) is 4.22. The number of aryl methyl sites for hydroxylation is 2. The number of ether oxygens (including phenoxy) is 2. The third kappa shape index (κ3) is 4.85. The number of carbonyl (C=O) groups is 2. The van der Waals surface area contributed by atoms with Crippen LogP contribution < -0.4 is 19.7 Å². The molecule has 0 fully saturated rings. The van der Waals surface area contributed by atoms with Gasteiger partial charge in [0.15, 0.2) is 0 Å². The number of carbonyl (C=O) groups excluding carboxylic acids is 2. The molecule has 5 rings (SSSR count). The molecule has 39 heavy (non-hydrogen) atoms. The maximum absolute atomic E-state index is 14.1. The van der Waals surface area contributed by atoms with E-state index in [2.05, 4.69) is 5.32 Å². The largest absolute Gasteiger partial charge is 0.497 e. The van der Waals surface area contributed by atoms with Crippen molar-refractivity contribution in [3.8, 4) is 22.8 Å². The molecule has 0 aliphatic carbocycles. The molecule has 200 valence electrons. The van der Waals surface area contributed by atoms with Gasteiger partial charge in [0.2, 0.25) is 5.91 Å². The molecule has 3 aromatic carbocycles. The Morgan fingerprint density at radius 1 is 0.974 bits per heavy atom. The summed E-state index contributed by atoms with van der Waals surface area (Å²) in [6, 6.07) is 22.8. The second-order valence-corrected chi connectivity index (χ2v) is 10.1. The Kier molecular flexibility index (Phi) is 6.87. The molecule has 1 aliphatic heterocycles. The lowest BCUT2D eigenvalue weighted by Crippen LogP contribution is -2.64. The van der Waals surface area contributed by atoms with E-state index >= 15 is 0 Å². The van der Waals surface area contributed by atoms with Gasteiger partial charge in [-0.05, 0) is 80.4 Å². The third-order valence-corrected chi connectivity index (χ3v) is 7.12. The molecule has 4 aromatic rings. The topological polar surface area (TPSA) is 85.7 Å². The van der Waals surface area contributed by atoms with Gasteiger partial charge in [-0.2, -0.15) is 5.10 Å². The first-order chi connectivity index (χ1) is 18.7. The lowest BCUT2D eigenvalue weighted by atomic mass is 9.93. The van der Waals surface area contributed by atoms with Crippen molar-refractivity contribution in [2.75, 3.05) is 19.1 Å². The van der Waals surface area contributed by atoms with Gasteiger partial charge in [0.25, 0.3) is 5.91 Å². The van der Waals surface area contributed by atoms with Gasteiger partial charge in [-0.15, -0.1) is 0 Å². The maximum Gasteiger partial charge on any atom is 0.277 e. The number of rotatable bonds is 7. The standard InChI is InChI=1S/C31H32N4O4/c1-20-14-21(2)16-24(15-20)35-29(36)27-17-26(22-10-12-25(38-4)13-11-22)33-34(27)19-31(35,3)30(37)32-18-23-8-6-7-9-28(23)39-5/h6-17H,18-19H2,1-5H3,(H,32,37). The van der Waals surface area contributed by atoms with Gasteiger partial charge < -0.3 is 14.8 Å². The van der Waals surface area contributed by atoms with E-state index in [-0.39, 0.29) is 24.9 Å². The van der Waals surface area contributed by atoms with Crippen molar-refractivity contribution < 1.29 is 19.1 Å². The van der Waals surface area contributed by atoms with Crippen molar-refractivity contribution in [1.82, 2.24) is 15.1 Å². The molecule has 0 saturated carbocycles. The number of amides is 2. The van der Waals surface area contributed by atoms with Gasteiger partial charge in [0, 0.05) is 23.4 Å². The van der Waals surface area contributed by atoms with Crippen LogP contribution in [0.4, 0.5) is 5.69 Å². The normalized spacial score (nSPS) is 16.5. The van der Waals surface area contributed by atoms with Crippen LogP contribution >= 0.6 is 0 Å². The van der Waals surface area contributed by atoms with Gasteiger partial charge in [-0.1, -0.05) is 24.3 Å². The van der Waals surface area contributed by atoms with E-state index in [0.717, 1.165) is 28.0 Å². The quantitative estimate of drug-likeness (QED) is 0.371. The van der Waals surface area contributed by atoms with Gasteiger partial charge in [-0.3, -0.25) is 19.2 Å². The summed E-state index contributed by atoms with van der Waals surface area (Å²) in [4.78, 5) is 29.7. The highest BCUT2D eigenvalue weighted by molar-refractivity contribution is 6.12. The fraction of sp³-hybridized carbons (Fsp3) is 0.258. The molecule has 1 atom stereocenters. The molecule has 8 nitrogen and oxygen atoms in total. The number of anilines is 1. The van der Waals surface area contributed by atoms with Crippen molar-refractivity contribution in [3.05, 3.63) is 95.2 Å². The second-order valence-electron chi connectivity index (χ2n) is 10.1. The van der Waals surface area contributed by atoms with Crippen molar-refractivity contribution in [3.63, 3.8) is 0 Å². The van der Waals surface area contributed by atoms with Crippen LogP contribution in [0.25, 0.3) is 11.3 Å². The van der Waals surface area contributed by atoms with Gasteiger partial charge >= 0.3 is 0 Å².